The Labute approximate surface area is 182 Å². The number of nitrogens with two attached hydrogens (primary N) is 1. The third kappa shape index (κ3) is 5.03. The molecule has 2 aromatic rings. The number of amides is 3. The van der Waals surface area contributed by atoms with Gasteiger partial charge in [-0.25, -0.2) is 18.2 Å². The van der Waals surface area contributed by atoms with Crippen molar-refractivity contribution in [1.29, 1.82) is 0 Å². The second-order valence-corrected chi connectivity index (χ2v) is 9.24. The second kappa shape index (κ2) is 9.05. The van der Waals surface area contributed by atoms with Crippen molar-refractivity contribution in [2.24, 2.45) is 5.73 Å². The molecule has 0 radical (unpaired) electrons. The molecule has 0 spiro atoms. The van der Waals surface area contributed by atoms with Crippen LogP contribution in [0.4, 0.5) is 16.2 Å². The molecule has 11 heteroatoms. The van der Waals surface area contributed by atoms with Gasteiger partial charge in [0.05, 0.1) is 16.8 Å². The van der Waals surface area contributed by atoms with Crippen LogP contribution in [0.1, 0.15) is 23.3 Å². The number of pyridine rings is 1. The van der Waals surface area contributed by atoms with Crippen molar-refractivity contribution in [2.75, 3.05) is 21.6 Å². The van der Waals surface area contributed by atoms with Gasteiger partial charge in [0, 0.05) is 22.7 Å². The number of alkyl halides is 1. The lowest BCUT2D eigenvalue weighted by Gasteiger charge is -2.22. The fourth-order valence-corrected chi connectivity index (χ4v) is 5.91. The molecule has 0 aliphatic carbocycles. The van der Waals surface area contributed by atoms with Crippen LogP contribution in [0, 0.1) is 0 Å². The van der Waals surface area contributed by atoms with Gasteiger partial charge in [0.15, 0.2) is 0 Å². The molecule has 1 fully saturated rings. The zero-order chi connectivity index (χ0) is 21.0. The molecule has 0 unspecified atom stereocenters. The Balaban J connectivity index is 1.64. The van der Waals surface area contributed by atoms with Crippen molar-refractivity contribution in [3.05, 3.63) is 48.3 Å². The van der Waals surface area contributed by atoms with E-state index >= 15 is 0 Å². The number of hydrogen-bond acceptors (Lipinski definition) is 5. The maximum absolute atomic E-state index is 12.8. The topological polar surface area (TPSA) is 134 Å². The van der Waals surface area contributed by atoms with Crippen LogP contribution in [0.25, 0.3) is 0 Å². The molecular formula is C18H20IN5O4S. The Bertz CT molecular complexity index is 996. The van der Waals surface area contributed by atoms with E-state index in [1.807, 2.05) is 0 Å². The Morgan fingerprint density at radius 2 is 1.79 bits per heavy atom. The van der Waals surface area contributed by atoms with E-state index in [2.05, 4.69) is 38.2 Å². The van der Waals surface area contributed by atoms with E-state index in [1.165, 1.54) is 42.6 Å². The molecule has 1 atom stereocenters. The SMILES string of the molecule is NC(=O)c1ccc(NC(=O)Nc2ccc(S(=O)(=O)N3CCC[C@@H]3CI)cc2)cn1. The summed E-state index contributed by atoms with van der Waals surface area (Å²) in [5.41, 5.74) is 6.03. The molecule has 0 saturated carbocycles. The van der Waals surface area contributed by atoms with Crippen molar-refractivity contribution < 1.29 is 18.0 Å². The minimum atomic E-state index is -3.55. The van der Waals surface area contributed by atoms with Crippen LogP contribution < -0.4 is 16.4 Å². The van der Waals surface area contributed by atoms with E-state index in [0.29, 0.717) is 17.9 Å². The van der Waals surface area contributed by atoms with Crippen molar-refractivity contribution in [1.82, 2.24) is 9.29 Å². The normalized spacial score (nSPS) is 17.1. The zero-order valence-corrected chi connectivity index (χ0v) is 18.3. The summed E-state index contributed by atoms with van der Waals surface area (Å²) in [6, 6.07) is 8.44. The Kier molecular flexibility index (Phi) is 6.70. The molecule has 1 aromatic carbocycles. The van der Waals surface area contributed by atoms with Crippen LogP contribution in [-0.2, 0) is 10.0 Å². The molecule has 3 amide bonds. The number of carbonyl (C=O) groups excluding carboxylic acids is 2. The number of nitrogens with zero attached hydrogens (tertiary/aromatic N) is 2. The molecule has 29 heavy (non-hydrogen) atoms. The highest BCUT2D eigenvalue weighted by atomic mass is 127. The largest absolute Gasteiger partial charge is 0.364 e. The molecule has 0 bridgehead atoms. The van der Waals surface area contributed by atoms with Gasteiger partial charge in [-0.05, 0) is 49.2 Å². The lowest BCUT2D eigenvalue weighted by atomic mass is 10.3. The summed E-state index contributed by atoms with van der Waals surface area (Å²) < 4.78 is 28.0. The van der Waals surface area contributed by atoms with Gasteiger partial charge in [0.2, 0.25) is 10.0 Å². The van der Waals surface area contributed by atoms with Gasteiger partial charge in [0.1, 0.15) is 5.69 Å². The Morgan fingerprint density at radius 1 is 1.14 bits per heavy atom. The molecule has 2 heterocycles. The molecule has 1 aliphatic rings. The molecule has 3 rings (SSSR count). The lowest BCUT2D eigenvalue weighted by molar-refractivity contribution is 0.0995. The summed E-state index contributed by atoms with van der Waals surface area (Å²) in [4.78, 5) is 27.2. The quantitative estimate of drug-likeness (QED) is 0.390. The van der Waals surface area contributed by atoms with Crippen LogP contribution in [0.2, 0.25) is 0 Å². The van der Waals surface area contributed by atoms with Crippen molar-refractivity contribution in [3.63, 3.8) is 0 Å². The van der Waals surface area contributed by atoms with Gasteiger partial charge in [-0.3, -0.25) is 4.79 Å². The Morgan fingerprint density at radius 3 is 2.38 bits per heavy atom. The summed E-state index contributed by atoms with van der Waals surface area (Å²) in [6.07, 6.45) is 3.05. The van der Waals surface area contributed by atoms with E-state index in [0.717, 1.165) is 17.3 Å². The molecule has 1 aromatic heterocycles. The summed E-state index contributed by atoms with van der Waals surface area (Å²) >= 11 is 2.21. The predicted molar refractivity (Wildman–Crippen MR) is 118 cm³/mol. The number of sulfonamides is 1. The monoisotopic (exact) mass is 529 g/mol. The van der Waals surface area contributed by atoms with E-state index < -0.39 is 22.0 Å². The maximum atomic E-state index is 12.8. The van der Waals surface area contributed by atoms with E-state index in [4.69, 9.17) is 5.73 Å². The van der Waals surface area contributed by atoms with E-state index in [-0.39, 0.29) is 16.6 Å². The fraction of sp³-hybridized carbons (Fsp3) is 0.278. The summed E-state index contributed by atoms with van der Waals surface area (Å²) in [5.74, 6) is -0.658. The first-order valence-corrected chi connectivity index (χ1v) is 11.8. The number of primary amides is 1. The number of rotatable bonds is 6. The number of carbonyl (C=O) groups is 2. The van der Waals surface area contributed by atoms with E-state index in [1.54, 1.807) is 4.31 Å². The van der Waals surface area contributed by atoms with Crippen LogP contribution in [0.15, 0.2) is 47.5 Å². The third-order valence-electron chi connectivity index (χ3n) is 4.49. The first-order valence-electron chi connectivity index (χ1n) is 8.83. The average Bonchev–Trinajstić information content (AvgIpc) is 3.18. The summed E-state index contributed by atoms with van der Waals surface area (Å²) in [6.45, 7) is 0.529. The number of halogens is 1. The minimum Gasteiger partial charge on any atom is -0.364 e. The van der Waals surface area contributed by atoms with E-state index in [9.17, 15) is 18.0 Å². The summed E-state index contributed by atoms with van der Waals surface area (Å²) in [7, 11) is -3.55. The van der Waals surface area contributed by atoms with Gasteiger partial charge in [-0.2, -0.15) is 4.31 Å². The molecule has 154 valence electrons. The molecule has 1 saturated heterocycles. The van der Waals surface area contributed by atoms with Crippen molar-refractivity contribution in [2.45, 2.75) is 23.8 Å². The first-order chi connectivity index (χ1) is 13.8. The van der Waals surface area contributed by atoms with Gasteiger partial charge in [0.25, 0.3) is 5.91 Å². The number of anilines is 2. The maximum Gasteiger partial charge on any atom is 0.323 e. The Hall–Kier alpha value is -2.25. The minimum absolute atomic E-state index is 0.0266. The fourth-order valence-electron chi connectivity index (χ4n) is 3.03. The van der Waals surface area contributed by atoms with Gasteiger partial charge in [-0.1, -0.05) is 22.6 Å². The van der Waals surface area contributed by atoms with Gasteiger partial charge in [-0.15, -0.1) is 0 Å². The number of hydrogen-bond donors (Lipinski definition) is 3. The number of aromatic nitrogens is 1. The van der Waals surface area contributed by atoms with Crippen molar-refractivity contribution >= 4 is 55.9 Å². The van der Waals surface area contributed by atoms with Crippen LogP contribution in [0.5, 0.6) is 0 Å². The molecule has 9 nitrogen and oxygen atoms in total. The average molecular weight is 529 g/mol. The smallest absolute Gasteiger partial charge is 0.323 e. The van der Waals surface area contributed by atoms with Gasteiger partial charge >= 0.3 is 6.03 Å². The molecule has 4 N–H and O–H groups in total. The number of nitrogens with one attached hydrogen (secondary N) is 2. The van der Waals surface area contributed by atoms with Crippen molar-refractivity contribution in [3.8, 4) is 0 Å². The van der Waals surface area contributed by atoms with Crippen LogP contribution >= 0.6 is 22.6 Å². The first kappa shape index (κ1) is 21.5. The van der Waals surface area contributed by atoms with Crippen LogP contribution in [-0.4, -0.2) is 46.7 Å². The molecule has 1 aliphatic heterocycles. The summed E-state index contributed by atoms with van der Waals surface area (Å²) in [5, 5.41) is 5.18. The second-order valence-electron chi connectivity index (χ2n) is 6.47. The number of benzene rings is 1. The highest BCUT2D eigenvalue weighted by Gasteiger charge is 2.34. The zero-order valence-electron chi connectivity index (χ0n) is 15.3. The highest BCUT2D eigenvalue weighted by Crippen LogP contribution is 2.27. The molecular weight excluding hydrogens is 509 g/mol. The third-order valence-corrected chi connectivity index (χ3v) is 7.48. The highest BCUT2D eigenvalue weighted by molar-refractivity contribution is 14.1. The van der Waals surface area contributed by atoms with Gasteiger partial charge < -0.3 is 16.4 Å². The number of urea groups is 1. The predicted octanol–water partition coefficient (Wildman–Crippen LogP) is 2.41. The standard InChI is InChI=1S/C18H20IN5O4S/c19-10-14-2-1-9-24(14)29(27,28)15-6-3-12(4-7-15)22-18(26)23-13-5-8-16(17(20)25)21-11-13/h3-8,11,14H,1-2,9-10H2,(H2,20,25)(H2,22,23,26)/t14-/m1/s1. The lowest BCUT2D eigenvalue weighted by Crippen LogP contribution is -2.36. The van der Waals surface area contributed by atoms with Crippen LogP contribution in [0.3, 0.4) is 0 Å².